The predicted octanol–water partition coefficient (Wildman–Crippen LogP) is -1.49. The minimum atomic E-state index is -1.17. The van der Waals surface area contributed by atoms with Gasteiger partial charge in [0.15, 0.2) is 0 Å². The molecular weight excluding hydrogens is 231 g/mol. The Hall–Kier alpha value is -0.621. The molecule has 0 aromatic heterocycles. The number of hydrogen-bond donors (Lipinski definition) is 4. The molecule has 0 radical (unpaired) electrons. The van der Waals surface area contributed by atoms with Crippen molar-refractivity contribution in [1.29, 1.82) is 0 Å². The Morgan fingerprint density at radius 1 is 1.33 bits per heavy atom. The fourth-order valence-corrected chi connectivity index (χ4v) is 0.402. The fraction of sp³-hybridized carbons (Fsp3) is 0.600. The maximum absolute atomic E-state index is 9.99. The molecule has 0 aliphatic heterocycles. The van der Waals surface area contributed by atoms with Crippen LogP contribution in [0.25, 0.3) is 0 Å². The van der Waals surface area contributed by atoms with E-state index in [4.69, 9.17) is 15.9 Å². The topological polar surface area (TPSA) is 136 Å². The van der Waals surface area contributed by atoms with Gasteiger partial charge in [-0.1, -0.05) is 0 Å². The van der Waals surface area contributed by atoms with Crippen molar-refractivity contribution in [3.63, 3.8) is 0 Å². The first-order valence-corrected chi connectivity index (χ1v) is 2.74. The van der Waals surface area contributed by atoms with Gasteiger partial charge < -0.3 is 22.1 Å². The zero-order valence-corrected chi connectivity index (χ0v) is 8.59. The van der Waals surface area contributed by atoms with Gasteiger partial charge in [0.2, 0.25) is 0 Å². The van der Waals surface area contributed by atoms with E-state index in [1.54, 1.807) is 0 Å². The summed E-state index contributed by atoms with van der Waals surface area (Å²) in [7, 11) is 0. The molecule has 0 bridgehead atoms. The van der Waals surface area contributed by atoms with Crippen LogP contribution in [-0.2, 0) is 9.59 Å². The van der Waals surface area contributed by atoms with Crippen LogP contribution in [0.4, 0.5) is 0 Å². The molecule has 0 aliphatic carbocycles. The van der Waals surface area contributed by atoms with Crippen LogP contribution in [0.15, 0.2) is 0 Å². The first-order valence-electron chi connectivity index (χ1n) is 2.74. The third kappa shape index (κ3) is 9.38. The number of carboxylic acids is 2. The Morgan fingerprint density at radius 3 is 2.00 bits per heavy atom. The van der Waals surface area contributed by atoms with Crippen LogP contribution in [0, 0.1) is 0 Å². The van der Waals surface area contributed by atoms with Crippen LogP contribution >= 0.6 is 0 Å². The van der Waals surface area contributed by atoms with Crippen LogP contribution in [-0.4, -0.2) is 45.3 Å². The van der Waals surface area contributed by atoms with E-state index in [9.17, 15) is 9.59 Å². The summed E-state index contributed by atoms with van der Waals surface area (Å²) >= 11 is 0. The van der Waals surface area contributed by atoms with E-state index in [1.807, 2.05) is 0 Å². The molecule has 1 atom stereocenters. The molecule has 12 heavy (non-hydrogen) atoms. The van der Waals surface area contributed by atoms with Crippen LogP contribution in [0.5, 0.6) is 0 Å². The number of carbonyl (C=O) groups is 2. The zero-order valence-electron chi connectivity index (χ0n) is 6.49. The second-order valence-corrected chi connectivity index (χ2v) is 1.88. The van der Waals surface area contributed by atoms with Crippen molar-refractivity contribution in [2.45, 2.75) is 18.9 Å². The molecule has 0 fully saturated rings. The number of rotatable bonds is 4. The average molecular weight is 245 g/mol. The molecule has 7 N–H and O–H groups in total. The monoisotopic (exact) mass is 246 g/mol. The van der Waals surface area contributed by atoms with E-state index in [-0.39, 0.29) is 36.1 Å². The van der Waals surface area contributed by atoms with Crippen LogP contribution in [0.3, 0.4) is 0 Å². The van der Waals surface area contributed by atoms with Gasteiger partial charge in [-0.15, -0.1) is 0 Å². The summed E-state index contributed by atoms with van der Waals surface area (Å²) in [5.74, 6) is -2.20. The van der Waals surface area contributed by atoms with Crippen molar-refractivity contribution in [3.8, 4) is 0 Å². The predicted molar refractivity (Wildman–Crippen MR) is 46.0 cm³/mol. The molecule has 0 aromatic carbocycles. The summed E-state index contributed by atoms with van der Waals surface area (Å²) < 4.78 is 0. The summed E-state index contributed by atoms with van der Waals surface area (Å²) in [6.07, 6.45) is -0.224. The quantitative estimate of drug-likeness (QED) is 0.445. The molecular formula is C5H14N2O4Se. The van der Waals surface area contributed by atoms with Crippen molar-refractivity contribution in [3.05, 3.63) is 0 Å². The fourth-order valence-electron chi connectivity index (χ4n) is 0.402. The molecule has 0 aromatic rings. The van der Waals surface area contributed by atoms with E-state index < -0.39 is 18.0 Å². The van der Waals surface area contributed by atoms with E-state index in [0.717, 1.165) is 0 Å². The van der Waals surface area contributed by atoms with Crippen molar-refractivity contribution in [1.82, 2.24) is 6.15 Å². The summed E-state index contributed by atoms with van der Waals surface area (Å²) in [6.45, 7) is 0. The van der Waals surface area contributed by atoms with Crippen molar-refractivity contribution >= 4 is 29.0 Å². The van der Waals surface area contributed by atoms with Gasteiger partial charge in [-0.2, -0.15) is 0 Å². The van der Waals surface area contributed by atoms with Crippen molar-refractivity contribution in [2.75, 3.05) is 0 Å². The first-order chi connectivity index (χ1) is 4.54. The molecule has 74 valence electrons. The van der Waals surface area contributed by atoms with Gasteiger partial charge in [0.25, 0.3) is 0 Å². The normalized spacial score (nSPS) is 10.4. The van der Waals surface area contributed by atoms with Crippen LogP contribution < -0.4 is 11.9 Å². The molecule has 6 nitrogen and oxygen atoms in total. The molecule has 0 heterocycles. The Labute approximate surface area is 80.2 Å². The maximum atomic E-state index is 9.99. The Balaban J connectivity index is -0.000000405. The Morgan fingerprint density at radius 2 is 1.75 bits per heavy atom. The Bertz CT molecular complexity index is 152. The van der Waals surface area contributed by atoms with Crippen LogP contribution in [0.2, 0.25) is 0 Å². The molecule has 0 spiro atoms. The van der Waals surface area contributed by atoms with E-state index in [2.05, 4.69) is 0 Å². The molecule has 0 unspecified atom stereocenters. The molecule has 0 amide bonds. The first kappa shape index (κ1) is 17.5. The van der Waals surface area contributed by atoms with Gasteiger partial charge in [-0.3, -0.25) is 9.59 Å². The molecule has 0 saturated heterocycles. The third-order valence-corrected chi connectivity index (χ3v) is 0.986. The van der Waals surface area contributed by atoms with Gasteiger partial charge in [0, 0.05) is 6.42 Å². The number of aliphatic carboxylic acids is 2. The second kappa shape index (κ2) is 8.48. The van der Waals surface area contributed by atoms with Gasteiger partial charge in [-0.05, 0) is 6.42 Å². The average Bonchev–Trinajstić information content (AvgIpc) is 1.82. The summed E-state index contributed by atoms with van der Waals surface area (Å²) in [6, 6.07) is -1.06. The summed E-state index contributed by atoms with van der Waals surface area (Å²) in [4.78, 5) is 19.9. The summed E-state index contributed by atoms with van der Waals surface area (Å²) in [5.41, 5.74) is 5.00. The van der Waals surface area contributed by atoms with E-state index >= 15 is 0 Å². The van der Waals surface area contributed by atoms with Gasteiger partial charge in [0.1, 0.15) is 6.04 Å². The minimum absolute atomic E-state index is 0. The van der Waals surface area contributed by atoms with Crippen molar-refractivity contribution < 1.29 is 19.8 Å². The van der Waals surface area contributed by atoms with Crippen LogP contribution in [0.1, 0.15) is 12.8 Å². The third-order valence-electron chi connectivity index (χ3n) is 0.986. The van der Waals surface area contributed by atoms with Gasteiger partial charge in [-0.25, -0.2) is 0 Å². The van der Waals surface area contributed by atoms with E-state index in [0.29, 0.717) is 0 Å². The molecule has 7 heteroatoms. The SMILES string of the molecule is N.N[C@@H](CCC(=O)O)C(=O)O.[SeH2]. The number of carboxylic acid groups (broad SMARTS) is 2. The molecule has 0 rings (SSSR count). The number of nitrogens with two attached hydrogens (primary N) is 1. The molecule has 0 aliphatic rings. The number of hydrogen-bond acceptors (Lipinski definition) is 4. The standard InChI is InChI=1S/C5H9NO4.H3N.H2Se/c6-3(5(9)10)1-2-4(7)8;;/h3H,1-2,6H2,(H,7,8)(H,9,10);1H3;1H2/t3-;;/m0../s1. The second-order valence-electron chi connectivity index (χ2n) is 1.88. The molecule has 0 saturated carbocycles. The Kier molecular flexibility index (Phi) is 12.3. The zero-order chi connectivity index (χ0) is 8.15. The van der Waals surface area contributed by atoms with Crippen molar-refractivity contribution in [2.24, 2.45) is 5.73 Å². The van der Waals surface area contributed by atoms with Gasteiger partial charge in [0.05, 0.1) is 0 Å². The summed E-state index contributed by atoms with van der Waals surface area (Å²) in [5, 5.41) is 16.3. The van der Waals surface area contributed by atoms with E-state index in [1.165, 1.54) is 0 Å². The van der Waals surface area contributed by atoms with Gasteiger partial charge >= 0.3 is 29.0 Å².